The second-order valence-corrected chi connectivity index (χ2v) is 6.65. The maximum absolute atomic E-state index is 11.9. The molecule has 2 aromatic rings. The van der Waals surface area contributed by atoms with E-state index in [4.69, 9.17) is 12.2 Å². The summed E-state index contributed by atoms with van der Waals surface area (Å²) in [5.41, 5.74) is 4.14. The van der Waals surface area contributed by atoms with Gasteiger partial charge in [0.1, 0.15) is 4.32 Å². The predicted molar refractivity (Wildman–Crippen MR) is 92.9 cm³/mol. The number of hydrogen-bond acceptors (Lipinski definition) is 4. The standard InChI is InChI=1S/C14H18N4OS2/c1-8-5-10-11(6-9(8)2)16-13(15-10)17-12(19)7-21-14(20)18(3)4/h5-6H,7H2,1-4H3,(H2,15,16,17,19). The first-order valence-corrected chi connectivity index (χ1v) is 7.87. The van der Waals surface area contributed by atoms with E-state index in [2.05, 4.69) is 15.3 Å². The van der Waals surface area contributed by atoms with Gasteiger partial charge < -0.3 is 9.88 Å². The predicted octanol–water partition coefficient (Wildman–Crippen LogP) is 2.70. The average Bonchev–Trinajstić information content (AvgIpc) is 2.77. The number of nitrogens with one attached hydrogen (secondary N) is 2. The second kappa shape index (κ2) is 6.44. The number of thioether (sulfide) groups is 1. The minimum absolute atomic E-state index is 0.128. The molecule has 0 aliphatic rings. The van der Waals surface area contributed by atoms with Gasteiger partial charge in [0.2, 0.25) is 11.9 Å². The van der Waals surface area contributed by atoms with Crippen LogP contribution in [0.25, 0.3) is 11.0 Å². The van der Waals surface area contributed by atoms with Gasteiger partial charge in [-0.25, -0.2) is 4.98 Å². The molecule has 1 aromatic carbocycles. The SMILES string of the molecule is Cc1cc2nc(NC(=O)CSC(=S)N(C)C)[nH]c2cc1C. The molecule has 7 heteroatoms. The minimum atomic E-state index is -0.128. The molecular weight excluding hydrogens is 304 g/mol. The lowest BCUT2D eigenvalue weighted by Gasteiger charge is -2.11. The third kappa shape index (κ3) is 3.95. The summed E-state index contributed by atoms with van der Waals surface area (Å²) in [4.78, 5) is 21.2. The van der Waals surface area contributed by atoms with Crippen molar-refractivity contribution in [2.45, 2.75) is 13.8 Å². The number of thiocarbonyl (C=S) groups is 1. The van der Waals surface area contributed by atoms with Crippen LogP contribution in [0.15, 0.2) is 12.1 Å². The summed E-state index contributed by atoms with van der Waals surface area (Å²) in [5, 5.41) is 2.76. The molecule has 0 atom stereocenters. The molecule has 112 valence electrons. The number of anilines is 1. The lowest BCUT2D eigenvalue weighted by molar-refractivity contribution is -0.113. The van der Waals surface area contributed by atoms with Crippen molar-refractivity contribution < 1.29 is 4.79 Å². The number of aromatic nitrogens is 2. The summed E-state index contributed by atoms with van der Waals surface area (Å²) in [6, 6.07) is 4.04. The van der Waals surface area contributed by atoms with Gasteiger partial charge in [0.05, 0.1) is 16.8 Å². The second-order valence-electron chi connectivity index (χ2n) is 5.04. The summed E-state index contributed by atoms with van der Waals surface area (Å²) in [5.74, 6) is 0.611. The number of amides is 1. The van der Waals surface area contributed by atoms with Gasteiger partial charge in [0, 0.05) is 14.1 Å². The molecular formula is C14H18N4OS2. The highest BCUT2D eigenvalue weighted by Gasteiger charge is 2.10. The van der Waals surface area contributed by atoms with Gasteiger partial charge >= 0.3 is 0 Å². The molecule has 1 heterocycles. The number of benzene rings is 1. The summed E-state index contributed by atoms with van der Waals surface area (Å²) < 4.78 is 0.681. The summed E-state index contributed by atoms with van der Waals surface area (Å²) in [6.45, 7) is 4.09. The Morgan fingerprint density at radius 2 is 2.05 bits per heavy atom. The van der Waals surface area contributed by atoms with E-state index in [0.717, 1.165) is 11.0 Å². The van der Waals surface area contributed by atoms with Gasteiger partial charge in [-0.15, -0.1) is 0 Å². The zero-order valence-corrected chi connectivity index (χ0v) is 14.1. The number of imidazole rings is 1. The van der Waals surface area contributed by atoms with Crippen LogP contribution in [0.1, 0.15) is 11.1 Å². The van der Waals surface area contributed by atoms with Crippen LogP contribution < -0.4 is 5.32 Å². The minimum Gasteiger partial charge on any atom is -0.364 e. The highest BCUT2D eigenvalue weighted by Crippen LogP contribution is 2.19. The third-order valence-corrected chi connectivity index (χ3v) is 4.78. The maximum Gasteiger partial charge on any atom is 0.237 e. The Balaban J connectivity index is 2.03. The normalized spacial score (nSPS) is 10.7. The molecule has 0 saturated carbocycles. The molecule has 5 nitrogen and oxygen atoms in total. The van der Waals surface area contributed by atoms with Crippen molar-refractivity contribution in [2.75, 3.05) is 25.2 Å². The van der Waals surface area contributed by atoms with E-state index in [1.54, 1.807) is 4.90 Å². The Morgan fingerprint density at radius 3 is 2.71 bits per heavy atom. The molecule has 0 fully saturated rings. The molecule has 0 spiro atoms. The van der Waals surface area contributed by atoms with Crippen LogP contribution in [0.4, 0.5) is 5.95 Å². The van der Waals surface area contributed by atoms with Gasteiger partial charge in [0.15, 0.2) is 0 Å². The molecule has 1 amide bonds. The zero-order chi connectivity index (χ0) is 15.6. The van der Waals surface area contributed by atoms with E-state index in [1.807, 2.05) is 40.1 Å². The highest BCUT2D eigenvalue weighted by atomic mass is 32.2. The first-order valence-electron chi connectivity index (χ1n) is 6.47. The number of rotatable bonds is 3. The monoisotopic (exact) mass is 322 g/mol. The van der Waals surface area contributed by atoms with E-state index < -0.39 is 0 Å². The van der Waals surface area contributed by atoms with Crippen LogP contribution >= 0.6 is 24.0 Å². The average molecular weight is 322 g/mol. The molecule has 0 bridgehead atoms. The van der Waals surface area contributed by atoms with Crippen LogP contribution in [0.2, 0.25) is 0 Å². The van der Waals surface area contributed by atoms with E-state index in [0.29, 0.717) is 10.3 Å². The number of nitrogens with zero attached hydrogens (tertiary/aromatic N) is 2. The topological polar surface area (TPSA) is 61.0 Å². The summed E-state index contributed by atoms with van der Waals surface area (Å²) in [6.07, 6.45) is 0. The largest absolute Gasteiger partial charge is 0.364 e. The van der Waals surface area contributed by atoms with E-state index >= 15 is 0 Å². The molecule has 2 N–H and O–H groups in total. The van der Waals surface area contributed by atoms with Crippen molar-refractivity contribution >= 4 is 51.2 Å². The van der Waals surface area contributed by atoms with Gasteiger partial charge in [-0.1, -0.05) is 24.0 Å². The Labute approximate surface area is 133 Å². The van der Waals surface area contributed by atoms with Crippen molar-refractivity contribution in [3.8, 4) is 0 Å². The van der Waals surface area contributed by atoms with Gasteiger partial charge in [0.25, 0.3) is 0 Å². The fraction of sp³-hybridized carbons (Fsp3) is 0.357. The van der Waals surface area contributed by atoms with Crippen LogP contribution in [-0.4, -0.2) is 44.9 Å². The Kier molecular flexibility index (Phi) is 4.84. The van der Waals surface area contributed by atoms with Crippen LogP contribution in [0, 0.1) is 13.8 Å². The van der Waals surface area contributed by atoms with E-state index in [9.17, 15) is 4.79 Å². The molecule has 0 unspecified atom stereocenters. The first kappa shape index (κ1) is 15.8. The van der Waals surface area contributed by atoms with Crippen molar-refractivity contribution in [3.05, 3.63) is 23.3 Å². The van der Waals surface area contributed by atoms with Gasteiger partial charge in [-0.3, -0.25) is 10.1 Å². The van der Waals surface area contributed by atoms with E-state index in [-0.39, 0.29) is 11.7 Å². The van der Waals surface area contributed by atoms with Crippen molar-refractivity contribution in [2.24, 2.45) is 0 Å². The molecule has 0 aliphatic carbocycles. The number of fused-ring (bicyclic) bond motifs is 1. The number of H-pyrrole nitrogens is 1. The van der Waals surface area contributed by atoms with Crippen molar-refractivity contribution in [1.82, 2.24) is 14.9 Å². The quantitative estimate of drug-likeness (QED) is 0.851. The third-order valence-electron chi connectivity index (χ3n) is 3.05. The van der Waals surface area contributed by atoms with E-state index in [1.165, 1.54) is 22.9 Å². The first-order chi connectivity index (χ1) is 9.86. The van der Waals surface area contributed by atoms with Crippen LogP contribution in [-0.2, 0) is 4.79 Å². The molecule has 0 saturated heterocycles. The van der Waals surface area contributed by atoms with Crippen LogP contribution in [0.5, 0.6) is 0 Å². The number of aromatic amines is 1. The highest BCUT2D eigenvalue weighted by molar-refractivity contribution is 8.23. The Morgan fingerprint density at radius 1 is 1.38 bits per heavy atom. The smallest absolute Gasteiger partial charge is 0.237 e. The molecule has 0 aliphatic heterocycles. The van der Waals surface area contributed by atoms with Crippen molar-refractivity contribution in [1.29, 1.82) is 0 Å². The molecule has 1 aromatic heterocycles. The zero-order valence-electron chi connectivity index (χ0n) is 12.5. The Hall–Kier alpha value is -1.60. The molecule has 2 rings (SSSR count). The van der Waals surface area contributed by atoms with Crippen molar-refractivity contribution in [3.63, 3.8) is 0 Å². The fourth-order valence-corrected chi connectivity index (χ4v) is 2.51. The number of hydrogen-bond donors (Lipinski definition) is 2. The molecule has 0 radical (unpaired) electrons. The maximum atomic E-state index is 11.9. The summed E-state index contributed by atoms with van der Waals surface area (Å²) in [7, 11) is 3.72. The Bertz CT molecular complexity index is 655. The lowest BCUT2D eigenvalue weighted by atomic mass is 10.1. The molecule has 21 heavy (non-hydrogen) atoms. The number of carbonyl (C=O) groups excluding carboxylic acids is 1. The lowest BCUT2D eigenvalue weighted by Crippen LogP contribution is -2.21. The van der Waals surface area contributed by atoms with Gasteiger partial charge in [-0.05, 0) is 37.1 Å². The van der Waals surface area contributed by atoms with Crippen LogP contribution in [0.3, 0.4) is 0 Å². The number of aryl methyl sites for hydroxylation is 2. The number of carbonyl (C=O) groups is 1. The summed E-state index contributed by atoms with van der Waals surface area (Å²) >= 11 is 6.45. The fourth-order valence-electron chi connectivity index (χ4n) is 1.75. The van der Waals surface area contributed by atoms with Gasteiger partial charge in [-0.2, -0.15) is 0 Å².